The number of amides is 1. The van der Waals surface area contributed by atoms with Crippen molar-refractivity contribution in [2.75, 3.05) is 23.8 Å². The Balaban J connectivity index is 1.42. The van der Waals surface area contributed by atoms with E-state index in [4.69, 9.17) is 9.47 Å². The van der Waals surface area contributed by atoms with Crippen molar-refractivity contribution in [2.24, 2.45) is 0 Å². The molecule has 0 aliphatic carbocycles. The summed E-state index contributed by atoms with van der Waals surface area (Å²) in [5, 5.41) is 6.03. The number of benzene rings is 2. The molecule has 26 heavy (non-hydrogen) atoms. The van der Waals surface area contributed by atoms with Crippen molar-refractivity contribution in [3.63, 3.8) is 0 Å². The van der Waals surface area contributed by atoms with Crippen LogP contribution < -0.4 is 20.1 Å². The molecular weight excluding hydrogens is 330 g/mol. The molecule has 1 amide bonds. The topological polar surface area (TPSA) is 72.5 Å². The Labute approximate surface area is 150 Å². The van der Waals surface area contributed by atoms with Gasteiger partial charge in [-0.1, -0.05) is 18.2 Å². The first-order chi connectivity index (χ1) is 12.8. The number of pyridine rings is 1. The van der Waals surface area contributed by atoms with Crippen molar-refractivity contribution in [2.45, 2.75) is 0 Å². The predicted octanol–water partition coefficient (Wildman–Crippen LogP) is 3.85. The van der Waals surface area contributed by atoms with Gasteiger partial charge >= 0.3 is 0 Å². The molecule has 1 aliphatic heterocycles. The zero-order chi connectivity index (χ0) is 17.8. The molecular formula is C20H17N3O3. The average molecular weight is 347 g/mol. The van der Waals surface area contributed by atoms with Crippen LogP contribution in [0, 0.1) is 0 Å². The van der Waals surface area contributed by atoms with Gasteiger partial charge in [0.15, 0.2) is 11.5 Å². The van der Waals surface area contributed by atoms with Gasteiger partial charge in [0.05, 0.1) is 11.9 Å². The molecule has 1 aliphatic rings. The number of hydrogen-bond acceptors (Lipinski definition) is 5. The van der Waals surface area contributed by atoms with Gasteiger partial charge in [0.25, 0.3) is 5.91 Å². The first kappa shape index (κ1) is 16.0. The maximum absolute atomic E-state index is 12.1. The number of ether oxygens (including phenoxy) is 2. The van der Waals surface area contributed by atoms with Crippen molar-refractivity contribution < 1.29 is 14.3 Å². The lowest BCUT2D eigenvalue weighted by Gasteiger charge is -2.19. The zero-order valence-corrected chi connectivity index (χ0v) is 13.9. The molecule has 3 aromatic rings. The second-order valence-corrected chi connectivity index (χ2v) is 5.74. The highest BCUT2D eigenvalue weighted by Crippen LogP contribution is 2.33. The number of aromatic nitrogens is 1. The van der Waals surface area contributed by atoms with Crippen molar-refractivity contribution >= 4 is 23.1 Å². The van der Waals surface area contributed by atoms with Crippen LogP contribution >= 0.6 is 0 Å². The highest BCUT2D eigenvalue weighted by Gasteiger charge is 2.12. The third-order valence-corrected chi connectivity index (χ3v) is 3.87. The molecule has 130 valence electrons. The number of nitrogens with zero attached hydrogens (tertiary/aromatic N) is 1. The Morgan fingerprint density at radius 1 is 0.885 bits per heavy atom. The minimum absolute atomic E-state index is 0.189. The summed E-state index contributed by atoms with van der Waals surface area (Å²) in [4.78, 5) is 16.4. The minimum Gasteiger partial charge on any atom is -0.486 e. The van der Waals surface area contributed by atoms with Crippen LogP contribution in [0.3, 0.4) is 0 Å². The summed E-state index contributed by atoms with van der Waals surface area (Å²) >= 11 is 0. The molecule has 0 atom stereocenters. The summed E-state index contributed by atoms with van der Waals surface area (Å²) < 4.78 is 11.1. The normalized spacial score (nSPS) is 12.3. The van der Waals surface area contributed by atoms with Gasteiger partial charge in [-0.05, 0) is 36.4 Å². The Kier molecular flexibility index (Phi) is 4.38. The quantitative estimate of drug-likeness (QED) is 0.750. The number of anilines is 3. The first-order valence-electron chi connectivity index (χ1n) is 8.27. The van der Waals surface area contributed by atoms with E-state index < -0.39 is 0 Å². The summed E-state index contributed by atoms with van der Waals surface area (Å²) in [7, 11) is 0. The molecule has 0 saturated carbocycles. The Bertz CT molecular complexity index is 911. The molecule has 0 spiro atoms. The monoisotopic (exact) mass is 347 g/mol. The van der Waals surface area contributed by atoms with Crippen molar-refractivity contribution in [3.05, 3.63) is 72.4 Å². The molecule has 2 aromatic carbocycles. The van der Waals surface area contributed by atoms with Crippen LogP contribution in [0.5, 0.6) is 11.5 Å². The van der Waals surface area contributed by atoms with Crippen molar-refractivity contribution in [3.8, 4) is 11.5 Å². The van der Waals surface area contributed by atoms with Gasteiger partial charge in [0.1, 0.15) is 19.0 Å². The molecule has 0 unspecified atom stereocenters. The lowest BCUT2D eigenvalue weighted by atomic mass is 10.2. The smallest absolute Gasteiger partial charge is 0.256 e. The molecule has 0 saturated heterocycles. The number of carbonyl (C=O) groups excluding carboxylic acids is 1. The summed E-state index contributed by atoms with van der Waals surface area (Å²) in [6.45, 7) is 1.12. The van der Waals surface area contributed by atoms with Gasteiger partial charge in [-0.25, -0.2) is 4.98 Å². The largest absolute Gasteiger partial charge is 0.486 e. The van der Waals surface area contributed by atoms with Crippen LogP contribution in [0.4, 0.5) is 17.2 Å². The van der Waals surface area contributed by atoms with E-state index in [9.17, 15) is 4.79 Å². The van der Waals surface area contributed by atoms with E-state index in [-0.39, 0.29) is 5.91 Å². The fourth-order valence-corrected chi connectivity index (χ4v) is 2.61. The van der Waals surface area contributed by atoms with E-state index in [0.717, 1.165) is 22.9 Å². The van der Waals surface area contributed by atoms with E-state index in [1.54, 1.807) is 24.4 Å². The first-order valence-corrected chi connectivity index (χ1v) is 8.27. The van der Waals surface area contributed by atoms with E-state index >= 15 is 0 Å². The molecule has 0 fully saturated rings. The van der Waals surface area contributed by atoms with Gasteiger partial charge in [0, 0.05) is 17.3 Å². The highest BCUT2D eigenvalue weighted by atomic mass is 16.6. The molecule has 6 nitrogen and oxygen atoms in total. The standard InChI is InChI=1S/C20H17N3O3/c24-20(14-4-2-1-3-5-14)23-19-9-7-16(13-21-19)22-15-6-8-17-18(12-15)26-11-10-25-17/h1-9,12-13,22H,10-11H2,(H,21,23,24). The van der Waals surface area contributed by atoms with Gasteiger partial charge < -0.3 is 20.1 Å². The van der Waals surface area contributed by atoms with E-state index in [0.29, 0.717) is 24.6 Å². The van der Waals surface area contributed by atoms with Crippen LogP contribution in [0.2, 0.25) is 0 Å². The minimum atomic E-state index is -0.189. The third-order valence-electron chi connectivity index (χ3n) is 3.87. The summed E-state index contributed by atoms with van der Waals surface area (Å²) in [5.41, 5.74) is 2.27. The number of carbonyl (C=O) groups is 1. The average Bonchev–Trinajstić information content (AvgIpc) is 2.70. The molecule has 6 heteroatoms. The Morgan fingerprint density at radius 2 is 1.65 bits per heavy atom. The van der Waals surface area contributed by atoms with E-state index in [1.807, 2.05) is 42.5 Å². The lowest BCUT2D eigenvalue weighted by Crippen LogP contribution is -2.15. The molecule has 0 bridgehead atoms. The molecule has 2 N–H and O–H groups in total. The maximum atomic E-state index is 12.1. The molecule has 2 heterocycles. The van der Waals surface area contributed by atoms with Crippen LogP contribution in [0.1, 0.15) is 10.4 Å². The lowest BCUT2D eigenvalue weighted by molar-refractivity contribution is 0.102. The Morgan fingerprint density at radius 3 is 2.42 bits per heavy atom. The maximum Gasteiger partial charge on any atom is 0.256 e. The molecule has 4 rings (SSSR count). The fourth-order valence-electron chi connectivity index (χ4n) is 2.61. The van der Waals surface area contributed by atoms with E-state index in [2.05, 4.69) is 15.6 Å². The van der Waals surface area contributed by atoms with Gasteiger partial charge in [-0.3, -0.25) is 4.79 Å². The van der Waals surface area contributed by atoms with Gasteiger partial charge in [0.2, 0.25) is 0 Å². The van der Waals surface area contributed by atoms with Crippen LogP contribution in [0.25, 0.3) is 0 Å². The summed E-state index contributed by atoms with van der Waals surface area (Å²) in [6.07, 6.45) is 1.66. The number of nitrogens with one attached hydrogen (secondary N) is 2. The summed E-state index contributed by atoms with van der Waals surface area (Å²) in [6, 6.07) is 18.3. The third kappa shape index (κ3) is 3.59. The fraction of sp³-hybridized carbons (Fsp3) is 0.100. The number of rotatable bonds is 4. The summed E-state index contributed by atoms with van der Waals surface area (Å²) in [5.74, 6) is 1.78. The van der Waals surface area contributed by atoms with Crippen molar-refractivity contribution in [1.29, 1.82) is 0 Å². The second kappa shape index (κ2) is 7.14. The number of fused-ring (bicyclic) bond motifs is 1. The number of hydrogen-bond donors (Lipinski definition) is 2. The van der Waals surface area contributed by atoms with Crippen LogP contribution in [0.15, 0.2) is 66.9 Å². The Hall–Kier alpha value is -3.54. The SMILES string of the molecule is O=C(Nc1ccc(Nc2ccc3c(c2)OCCO3)cn1)c1ccccc1. The molecule has 0 radical (unpaired) electrons. The van der Waals surface area contributed by atoms with Gasteiger partial charge in [-0.15, -0.1) is 0 Å². The van der Waals surface area contributed by atoms with Gasteiger partial charge in [-0.2, -0.15) is 0 Å². The highest BCUT2D eigenvalue weighted by molar-refractivity contribution is 6.03. The molecule has 1 aromatic heterocycles. The predicted molar refractivity (Wildman–Crippen MR) is 99.3 cm³/mol. The van der Waals surface area contributed by atoms with E-state index in [1.165, 1.54) is 0 Å². The van der Waals surface area contributed by atoms with Crippen molar-refractivity contribution in [1.82, 2.24) is 4.98 Å². The van der Waals surface area contributed by atoms with Crippen LogP contribution in [-0.2, 0) is 0 Å². The van der Waals surface area contributed by atoms with Crippen LogP contribution in [-0.4, -0.2) is 24.1 Å². The second-order valence-electron chi connectivity index (χ2n) is 5.74. The zero-order valence-electron chi connectivity index (χ0n) is 13.9.